The maximum Gasteiger partial charge on any atom is 0.163 e. The van der Waals surface area contributed by atoms with Crippen LogP contribution >= 0.6 is 0 Å². The van der Waals surface area contributed by atoms with Crippen molar-refractivity contribution in [3.05, 3.63) is 54.7 Å². The number of ketones is 1. The third-order valence-electron chi connectivity index (χ3n) is 6.21. The summed E-state index contributed by atoms with van der Waals surface area (Å²) in [5.41, 5.74) is 1.71. The van der Waals surface area contributed by atoms with Gasteiger partial charge in [0.1, 0.15) is 0 Å². The van der Waals surface area contributed by atoms with Crippen LogP contribution in [-0.4, -0.2) is 35.3 Å². The van der Waals surface area contributed by atoms with Gasteiger partial charge in [0.15, 0.2) is 5.78 Å². The van der Waals surface area contributed by atoms with Crippen LogP contribution in [-0.2, 0) is 0 Å². The van der Waals surface area contributed by atoms with Gasteiger partial charge in [-0.25, -0.2) is 0 Å². The molecule has 28 heavy (non-hydrogen) atoms. The van der Waals surface area contributed by atoms with Crippen LogP contribution in [0.2, 0.25) is 0 Å². The molecule has 0 radical (unpaired) electrons. The van der Waals surface area contributed by atoms with Crippen molar-refractivity contribution in [1.82, 2.24) is 9.88 Å². The number of likely N-dealkylation sites (tertiary alicyclic amines) is 1. The number of rotatable bonds is 10. The fourth-order valence-corrected chi connectivity index (χ4v) is 4.48. The highest BCUT2D eigenvalue weighted by Crippen LogP contribution is 2.30. The summed E-state index contributed by atoms with van der Waals surface area (Å²) >= 11 is 0. The van der Waals surface area contributed by atoms with Crippen molar-refractivity contribution in [2.75, 3.05) is 19.6 Å². The van der Waals surface area contributed by atoms with E-state index in [-0.39, 0.29) is 5.78 Å². The number of hydrogen-bond acceptors (Lipinski definition) is 3. The first kappa shape index (κ1) is 20.7. The summed E-state index contributed by atoms with van der Waals surface area (Å²) in [4.78, 5) is 19.9. The van der Waals surface area contributed by atoms with Crippen LogP contribution in [0.1, 0.15) is 62.2 Å². The van der Waals surface area contributed by atoms with Crippen LogP contribution in [0.25, 0.3) is 10.9 Å². The molecule has 1 aromatic heterocycles. The highest BCUT2D eigenvalue weighted by atomic mass is 16.1. The quantitative estimate of drug-likeness (QED) is 0.293. The van der Waals surface area contributed by atoms with E-state index in [2.05, 4.69) is 29.5 Å². The summed E-state index contributed by atoms with van der Waals surface area (Å²) in [6.45, 7) is 9.82. The lowest BCUT2D eigenvalue weighted by Crippen LogP contribution is -2.40. The monoisotopic (exact) mass is 378 g/mol. The molecule has 150 valence electrons. The summed E-state index contributed by atoms with van der Waals surface area (Å²) in [5.74, 6) is 1.31. The summed E-state index contributed by atoms with van der Waals surface area (Å²) in [7, 11) is 0. The van der Waals surface area contributed by atoms with Crippen molar-refractivity contribution in [3.63, 3.8) is 0 Å². The molecular weight excluding hydrogens is 344 g/mol. The van der Waals surface area contributed by atoms with E-state index in [4.69, 9.17) is 0 Å². The summed E-state index contributed by atoms with van der Waals surface area (Å²) in [5, 5.41) is 0.970. The zero-order chi connectivity index (χ0) is 19.8. The third-order valence-corrected chi connectivity index (χ3v) is 6.21. The van der Waals surface area contributed by atoms with Gasteiger partial charge in [-0.05, 0) is 56.3 Å². The van der Waals surface area contributed by atoms with Crippen molar-refractivity contribution >= 4 is 16.7 Å². The van der Waals surface area contributed by atoms with Crippen molar-refractivity contribution in [2.45, 2.75) is 51.9 Å². The number of benzene rings is 1. The Morgan fingerprint density at radius 1 is 1.25 bits per heavy atom. The molecule has 2 atom stereocenters. The summed E-state index contributed by atoms with van der Waals surface area (Å²) in [6.07, 6.45) is 11.9. The van der Waals surface area contributed by atoms with Gasteiger partial charge in [-0.3, -0.25) is 9.78 Å². The minimum Gasteiger partial charge on any atom is -0.303 e. The van der Waals surface area contributed by atoms with Crippen molar-refractivity contribution in [1.29, 1.82) is 0 Å². The predicted octanol–water partition coefficient (Wildman–Crippen LogP) is 5.90. The molecule has 1 fully saturated rings. The number of Topliss-reactive ketones (excluding diaryl/α,β-unsaturated/α-hetero) is 1. The Morgan fingerprint density at radius 3 is 2.93 bits per heavy atom. The number of aromatic nitrogens is 1. The molecule has 0 saturated carbocycles. The van der Waals surface area contributed by atoms with E-state index in [1.165, 1.54) is 38.6 Å². The number of hydrogen-bond donors (Lipinski definition) is 0. The number of para-hydroxylation sites is 1. The van der Waals surface area contributed by atoms with E-state index < -0.39 is 0 Å². The van der Waals surface area contributed by atoms with Gasteiger partial charge in [0.2, 0.25) is 0 Å². The number of nitrogens with zero attached hydrogens (tertiary/aromatic N) is 2. The maximum absolute atomic E-state index is 12.9. The molecule has 0 bridgehead atoms. The molecule has 3 heteroatoms. The summed E-state index contributed by atoms with van der Waals surface area (Å²) in [6, 6.07) is 9.78. The molecule has 1 aromatic carbocycles. The fourth-order valence-electron chi connectivity index (χ4n) is 4.48. The van der Waals surface area contributed by atoms with Crippen LogP contribution in [0.3, 0.4) is 0 Å². The van der Waals surface area contributed by atoms with Crippen LogP contribution < -0.4 is 0 Å². The molecule has 0 unspecified atom stereocenters. The Kier molecular flexibility index (Phi) is 7.79. The van der Waals surface area contributed by atoms with E-state index >= 15 is 0 Å². The number of unbranched alkanes of at least 4 members (excludes halogenated alkanes) is 3. The first-order chi connectivity index (χ1) is 13.7. The first-order valence-corrected chi connectivity index (χ1v) is 10.9. The highest BCUT2D eigenvalue weighted by molar-refractivity contribution is 6.07. The second kappa shape index (κ2) is 10.5. The van der Waals surface area contributed by atoms with Gasteiger partial charge >= 0.3 is 0 Å². The van der Waals surface area contributed by atoms with E-state index in [1.54, 1.807) is 6.20 Å². The van der Waals surface area contributed by atoms with E-state index in [1.807, 2.05) is 30.3 Å². The molecule has 1 aliphatic rings. The van der Waals surface area contributed by atoms with Gasteiger partial charge in [-0.2, -0.15) is 0 Å². The Balaban J connectivity index is 1.54. The zero-order valence-corrected chi connectivity index (χ0v) is 17.3. The average Bonchev–Trinajstić information content (AvgIpc) is 2.75. The van der Waals surface area contributed by atoms with Gasteiger partial charge in [0.25, 0.3) is 0 Å². The number of carbonyl (C=O) groups is 1. The molecule has 2 aromatic rings. The average molecular weight is 379 g/mol. The second-order valence-corrected chi connectivity index (χ2v) is 8.15. The third kappa shape index (κ3) is 5.29. The van der Waals surface area contributed by atoms with Gasteiger partial charge in [0.05, 0.1) is 5.52 Å². The molecule has 3 nitrogen and oxygen atoms in total. The number of piperidine rings is 1. The molecule has 2 heterocycles. The van der Waals surface area contributed by atoms with Gasteiger partial charge in [-0.15, -0.1) is 6.58 Å². The van der Waals surface area contributed by atoms with Crippen LogP contribution in [0, 0.1) is 11.8 Å². The van der Waals surface area contributed by atoms with Gasteiger partial charge in [-0.1, -0.05) is 50.5 Å². The molecule has 1 aliphatic heterocycles. The standard InChI is InChI=1S/C25H34N2O/c1-3-5-6-9-17-27-18-15-21(20(4-2)19-27)12-13-25(28)23-14-16-26-24-11-8-7-10-22(23)24/h4,7-8,10-11,14,16,20-21H,2-3,5-6,9,12-13,15,17-19H2,1H3/t20-,21+/m0/s1. The lowest BCUT2D eigenvalue weighted by molar-refractivity contribution is 0.0944. The molecule has 0 spiro atoms. The highest BCUT2D eigenvalue weighted by Gasteiger charge is 2.27. The Labute approximate surface area is 169 Å². The van der Waals surface area contributed by atoms with Crippen LogP contribution in [0.4, 0.5) is 0 Å². The van der Waals surface area contributed by atoms with Gasteiger partial charge < -0.3 is 4.90 Å². The number of fused-ring (bicyclic) bond motifs is 1. The lowest BCUT2D eigenvalue weighted by atomic mass is 9.81. The molecule has 1 saturated heterocycles. The molecular formula is C25H34N2O. The SMILES string of the molecule is C=C[C@H]1CN(CCCCCC)CC[C@H]1CCC(=O)c1ccnc2ccccc12. The van der Waals surface area contributed by atoms with E-state index in [0.717, 1.165) is 36.0 Å². The van der Waals surface area contributed by atoms with Crippen LogP contribution in [0.5, 0.6) is 0 Å². The Bertz CT molecular complexity index is 780. The first-order valence-electron chi connectivity index (χ1n) is 10.9. The number of carbonyl (C=O) groups excluding carboxylic acids is 1. The number of pyridine rings is 1. The molecule has 3 rings (SSSR count). The minimum atomic E-state index is 0.239. The minimum absolute atomic E-state index is 0.239. The molecule has 0 amide bonds. The Morgan fingerprint density at radius 2 is 2.11 bits per heavy atom. The van der Waals surface area contributed by atoms with Crippen molar-refractivity contribution in [2.24, 2.45) is 11.8 Å². The molecule has 0 aliphatic carbocycles. The van der Waals surface area contributed by atoms with Crippen molar-refractivity contribution in [3.8, 4) is 0 Å². The fraction of sp³-hybridized carbons (Fsp3) is 0.520. The van der Waals surface area contributed by atoms with Crippen molar-refractivity contribution < 1.29 is 4.79 Å². The van der Waals surface area contributed by atoms with E-state index in [0.29, 0.717) is 18.3 Å². The predicted molar refractivity (Wildman–Crippen MR) is 118 cm³/mol. The largest absolute Gasteiger partial charge is 0.303 e. The second-order valence-electron chi connectivity index (χ2n) is 8.15. The maximum atomic E-state index is 12.9. The molecule has 0 N–H and O–H groups in total. The Hall–Kier alpha value is -2.00. The smallest absolute Gasteiger partial charge is 0.163 e. The lowest BCUT2D eigenvalue weighted by Gasteiger charge is -2.37. The summed E-state index contributed by atoms with van der Waals surface area (Å²) < 4.78 is 0. The normalized spacial score (nSPS) is 20.3. The topological polar surface area (TPSA) is 33.2 Å². The van der Waals surface area contributed by atoms with E-state index in [9.17, 15) is 4.79 Å². The van der Waals surface area contributed by atoms with Crippen LogP contribution in [0.15, 0.2) is 49.2 Å². The zero-order valence-electron chi connectivity index (χ0n) is 17.3. The van der Waals surface area contributed by atoms with Gasteiger partial charge in [0, 0.05) is 30.1 Å².